The van der Waals surface area contributed by atoms with E-state index in [0.717, 1.165) is 30.1 Å². The van der Waals surface area contributed by atoms with Gasteiger partial charge in [-0.05, 0) is 66.0 Å². The van der Waals surface area contributed by atoms with Gasteiger partial charge in [-0.3, -0.25) is 4.79 Å². The first kappa shape index (κ1) is 45.5. The summed E-state index contributed by atoms with van der Waals surface area (Å²) >= 11 is 0. The molecule has 0 aromatic carbocycles. The van der Waals surface area contributed by atoms with Crippen molar-refractivity contribution in [2.45, 2.75) is 203 Å². The van der Waals surface area contributed by atoms with Gasteiger partial charge in [0.2, 0.25) is 14.6 Å². The molecule has 0 aromatic rings. The lowest BCUT2D eigenvalue weighted by atomic mass is 9.81. The second-order valence-corrected chi connectivity index (χ2v) is 27.7. The van der Waals surface area contributed by atoms with E-state index in [1.54, 1.807) is 0 Å². The van der Waals surface area contributed by atoms with E-state index in [0.29, 0.717) is 22.5 Å². The first-order valence-electron chi connectivity index (χ1n) is 19.6. The van der Waals surface area contributed by atoms with Gasteiger partial charge in [-0.1, -0.05) is 130 Å². The van der Waals surface area contributed by atoms with Gasteiger partial charge in [-0.2, -0.15) is 0 Å². The van der Waals surface area contributed by atoms with E-state index in [2.05, 4.69) is 96.1 Å². The molecule has 1 aliphatic heterocycles. The average Bonchev–Trinajstić information content (AvgIpc) is 3.01. The summed E-state index contributed by atoms with van der Waals surface area (Å²) in [4.78, 5) is 12.9. The Morgan fingerprint density at radius 2 is 1.33 bits per heavy atom. The van der Waals surface area contributed by atoms with Crippen molar-refractivity contribution in [1.82, 2.24) is 0 Å². The third kappa shape index (κ3) is 10.5. The van der Waals surface area contributed by atoms with Crippen LogP contribution in [0.3, 0.4) is 0 Å². The normalized spacial score (nSPS) is 24.8. The van der Waals surface area contributed by atoms with Crippen LogP contribution in [0.1, 0.15) is 138 Å². The van der Waals surface area contributed by atoms with Gasteiger partial charge in [0, 0.05) is 17.3 Å². The molecule has 1 rings (SSSR count). The van der Waals surface area contributed by atoms with Crippen molar-refractivity contribution >= 4 is 22.6 Å². The number of aliphatic hydroxyl groups is 1. The second kappa shape index (κ2) is 18.8. The molecule has 0 radical (unpaired) electrons. The summed E-state index contributed by atoms with van der Waals surface area (Å²) in [6.45, 7) is 42.3. The summed E-state index contributed by atoms with van der Waals surface area (Å²) in [5.41, 5.74) is 2.04. The lowest BCUT2D eigenvalue weighted by Gasteiger charge is -2.49. The minimum Gasteiger partial charge on any atom is -0.435 e. The molecule has 0 aliphatic carbocycles. The van der Waals surface area contributed by atoms with Gasteiger partial charge in [-0.15, -0.1) is 0 Å². The summed E-state index contributed by atoms with van der Waals surface area (Å²) in [5.74, 6) is -0.406. The Bertz CT molecular complexity index is 970. The summed E-state index contributed by atoms with van der Waals surface area (Å²) in [6, 6.07) is 3.24. The van der Waals surface area contributed by atoms with E-state index in [1.165, 1.54) is 0 Å². The molecule has 1 N–H and O–H groups in total. The minimum absolute atomic E-state index is 0.0451. The van der Waals surface area contributed by atoms with E-state index in [1.807, 2.05) is 41.5 Å². The summed E-state index contributed by atoms with van der Waals surface area (Å²) in [5, 5.41) is 11.8. The third-order valence-corrected chi connectivity index (χ3v) is 22.9. The first-order chi connectivity index (χ1) is 22.0. The number of cyclic esters (lactones) is 1. The Morgan fingerprint density at radius 1 is 0.854 bits per heavy atom. The summed E-state index contributed by atoms with van der Waals surface area (Å²) in [7, 11) is -4.16. The smallest absolute Gasteiger partial charge is 0.313 e. The molecule has 0 saturated carbocycles. The molecule has 8 heteroatoms. The highest BCUT2D eigenvalue weighted by Gasteiger charge is 2.50. The number of hydrogen-bond donors (Lipinski definition) is 1. The van der Waals surface area contributed by atoms with Crippen molar-refractivity contribution in [2.75, 3.05) is 0 Å². The van der Waals surface area contributed by atoms with Crippen molar-refractivity contribution in [1.29, 1.82) is 0 Å². The zero-order chi connectivity index (χ0) is 37.5. The van der Waals surface area contributed by atoms with Crippen LogP contribution in [0.25, 0.3) is 0 Å². The van der Waals surface area contributed by atoms with Gasteiger partial charge in [0.1, 0.15) is 0 Å². The standard InChI is InChI=1S/C40H80O6Si2/c1-20-28(11)35(46-48(25(5)6,26(7)8)27(9)10)32(15)36(45-47(21-2,22-3)23-4)30(13)24-29(12)34(41)31(14)37-33(16)38(42)44-39(43-37)40(17,18)19/h24-28,30-37,39,41H,20-23H2,1-19H3/b29-24+/t28-,30-,31+,32+,33+,34?,35-,36+,37+,39+/m1/s1. The lowest BCUT2D eigenvalue weighted by molar-refractivity contribution is -0.266. The van der Waals surface area contributed by atoms with Crippen LogP contribution >= 0.6 is 0 Å². The SMILES string of the molecule is CC[C@@H](C)[C@@H](O[Si](C(C)C)(C(C)C)C(C)C)[C@H](C)[C@@H](O[Si](CC)(CC)CC)[C@H](C)/C=C(\C)C(O)[C@H](C)[C@@H]1O[C@H](C(C)(C)C)OC(=O)[C@H]1C. The molecule has 1 fully saturated rings. The van der Waals surface area contributed by atoms with Crippen molar-refractivity contribution in [3.8, 4) is 0 Å². The largest absolute Gasteiger partial charge is 0.435 e. The highest BCUT2D eigenvalue weighted by atomic mass is 28.4. The Kier molecular flexibility index (Phi) is 17.8. The number of ether oxygens (including phenoxy) is 2. The average molecular weight is 713 g/mol. The molecule has 1 unspecified atom stereocenters. The number of carbonyl (C=O) groups excluding carboxylic acids is 1. The predicted octanol–water partition coefficient (Wildman–Crippen LogP) is 11.1. The van der Waals surface area contributed by atoms with Crippen molar-refractivity contribution in [3.05, 3.63) is 11.6 Å². The van der Waals surface area contributed by atoms with E-state index >= 15 is 0 Å². The molecule has 0 bridgehead atoms. The van der Waals surface area contributed by atoms with Crippen LogP contribution in [0.4, 0.5) is 0 Å². The molecule has 0 spiro atoms. The topological polar surface area (TPSA) is 74.2 Å². The number of rotatable bonds is 19. The summed E-state index contributed by atoms with van der Waals surface area (Å²) < 4.78 is 27.2. The van der Waals surface area contributed by atoms with Gasteiger partial charge in [0.15, 0.2) is 8.32 Å². The maximum absolute atomic E-state index is 12.9. The first-order valence-corrected chi connectivity index (χ1v) is 24.3. The number of hydrogen-bond acceptors (Lipinski definition) is 6. The molecular formula is C40H80O6Si2. The van der Waals surface area contributed by atoms with Crippen LogP contribution in [-0.4, -0.2) is 58.4 Å². The highest BCUT2D eigenvalue weighted by molar-refractivity contribution is 6.77. The zero-order valence-corrected chi connectivity index (χ0v) is 36.9. The maximum atomic E-state index is 12.9. The number of esters is 1. The number of carbonyl (C=O) groups is 1. The van der Waals surface area contributed by atoms with Gasteiger partial charge in [0.25, 0.3) is 0 Å². The van der Waals surface area contributed by atoms with Gasteiger partial charge in [-0.25, -0.2) is 0 Å². The Hall–Kier alpha value is -0.516. The van der Waals surface area contributed by atoms with E-state index in [9.17, 15) is 9.90 Å². The van der Waals surface area contributed by atoms with Crippen LogP contribution in [-0.2, 0) is 23.1 Å². The van der Waals surface area contributed by atoms with Crippen LogP contribution < -0.4 is 0 Å². The quantitative estimate of drug-likeness (QED) is 0.0816. The molecule has 6 nitrogen and oxygen atoms in total. The Morgan fingerprint density at radius 3 is 1.73 bits per heavy atom. The highest BCUT2D eigenvalue weighted by Crippen LogP contribution is 2.46. The van der Waals surface area contributed by atoms with Gasteiger partial charge < -0.3 is 23.4 Å². The Balaban J connectivity index is 3.66. The maximum Gasteiger partial charge on any atom is 0.313 e. The van der Waals surface area contributed by atoms with Crippen LogP contribution in [0.2, 0.25) is 34.8 Å². The molecule has 1 aliphatic rings. The second-order valence-electron chi connectivity index (χ2n) is 17.6. The molecule has 284 valence electrons. The van der Waals surface area contributed by atoms with Crippen molar-refractivity contribution in [2.24, 2.45) is 35.0 Å². The lowest BCUT2D eigenvalue weighted by Crippen LogP contribution is -2.55. The predicted molar refractivity (Wildman–Crippen MR) is 208 cm³/mol. The van der Waals surface area contributed by atoms with E-state index in [-0.39, 0.29) is 41.3 Å². The van der Waals surface area contributed by atoms with Crippen LogP contribution in [0.5, 0.6) is 0 Å². The van der Waals surface area contributed by atoms with Crippen molar-refractivity contribution < 1.29 is 28.2 Å². The van der Waals surface area contributed by atoms with Gasteiger partial charge >= 0.3 is 5.97 Å². The molecule has 48 heavy (non-hydrogen) atoms. The molecule has 1 saturated heterocycles. The van der Waals surface area contributed by atoms with E-state index < -0.39 is 41.1 Å². The molecule has 0 aromatic heterocycles. The molecular weight excluding hydrogens is 633 g/mol. The monoisotopic (exact) mass is 713 g/mol. The summed E-state index contributed by atoms with van der Waals surface area (Å²) in [6.07, 6.45) is 1.46. The zero-order valence-electron chi connectivity index (χ0n) is 34.9. The van der Waals surface area contributed by atoms with E-state index in [4.69, 9.17) is 18.3 Å². The minimum atomic E-state index is -2.16. The van der Waals surface area contributed by atoms with Crippen molar-refractivity contribution in [3.63, 3.8) is 0 Å². The number of aliphatic hydroxyl groups excluding tert-OH is 1. The van der Waals surface area contributed by atoms with Crippen LogP contribution in [0, 0.1) is 35.0 Å². The molecule has 10 atom stereocenters. The Labute approximate surface area is 300 Å². The fraction of sp³-hybridized carbons (Fsp3) is 0.925. The third-order valence-electron chi connectivity index (χ3n) is 12.2. The van der Waals surface area contributed by atoms with Crippen LogP contribution in [0.15, 0.2) is 11.6 Å². The fourth-order valence-electron chi connectivity index (χ4n) is 8.58. The molecule has 1 heterocycles. The molecule has 0 amide bonds. The van der Waals surface area contributed by atoms with Gasteiger partial charge in [0.05, 0.1) is 30.3 Å². The fourth-order valence-corrected chi connectivity index (χ4v) is 17.3.